The van der Waals surface area contributed by atoms with Crippen LogP contribution in [-0.2, 0) is 22.2 Å². The quantitative estimate of drug-likeness (QED) is 0.434. The smallest absolute Gasteiger partial charge is 0.335 e. The zero-order valence-electron chi connectivity index (χ0n) is 16.1. The van der Waals surface area contributed by atoms with Crippen LogP contribution in [0.2, 0.25) is 0 Å². The number of nitrogens with zero attached hydrogens (tertiary/aromatic N) is 2. The lowest BCUT2D eigenvalue weighted by molar-refractivity contribution is -0.139. The maximum Gasteiger partial charge on any atom is 0.416 e. The lowest BCUT2D eigenvalue weighted by Crippen LogP contribution is -2.33. The van der Waals surface area contributed by atoms with Gasteiger partial charge in [-0.3, -0.25) is 19.5 Å². The number of nitrogens with one attached hydrogen (secondary N) is 1. The fourth-order valence-electron chi connectivity index (χ4n) is 3.03. The third kappa shape index (κ3) is 5.41. The molecule has 0 aliphatic carbocycles. The summed E-state index contributed by atoms with van der Waals surface area (Å²) in [6, 6.07) is 14.3. The van der Waals surface area contributed by atoms with Crippen molar-refractivity contribution in [1.82, 2.24) is 4.90 Å². The summed E-state index contributed by atoms with van der Waals surface area (Å²) in [6.07, 6.45) is -3.87. The molecule has 0 bridgehead atoms. The molecule has 9 heteroatoms. The van der Waals surface area contributed by atoms with E-state index in [1.807, 2.05) is 30.3 Å². The molecule has 3 rings (SSSR count). The van der Waals surface area contributed by atoms with E-state index in [1.54, 1.807) is 0 Å². The number of amides is 2. The van der Waals surface area contributed by atoms with Gasteiger partial charge in [0.05, 0.1) is 5.56 Å². The van der Waals surface area contributed by atoms with Crippen molar-refractivity contribution in [2.75, 3.05) is 18.9 Å². The molecule has 158 valence electrons. The summed E-state index contributed by atoms with van der Waals surface area (Å²) in [6.45, 7) is 0.290. The largest absolute Gasteiger partial charge is 0.416 e. The second-order valence-corrected chi connectivity index (χ2v) is 7.85. The molecule has 2 aromatic carbocycles. The number of hydrogen-bond donors (Lipinski definition) is 1. The summed E-state index contributed by atoms with van der Waals surface area (Å²) in [7, 11) is 1.47. The number of thioether (sulfide) groups is 1. The van der Waals surface area contributed by atoms with Crippen LogP contribution in [0.3, 0.4) is 0 Å². The van der Waals surface area contributed by atoms with Crippen molar-refractivity contribution in [1.29, 1.82) is 0 Å². The number of imide groups is 1. The summed E-state index contributed by atoms with van der Waals surface area (Å²) < 4.78 is 38.7. The number of aliphatic imine (C=N–C) groups is 1. The van der Waals surface area contributed by atoms with Crippen LogP contribution >= 0.6 is 11.8 Å². The van der Waals surface area contributed by atoms with Crippen molar-refractivity contribution in [3.8, 4) is 0 Å². The van der Waals surface area contributed by atoms with Crippen LogP contribution in [0.15, 0.2) is 59.6 Å². The molecule has 5 nitrogen and oxygen atoms in total. The number of anilines is 1. The van der Waals surface area contributed by atoms with Gasteiger partial charge in [0.1, 0.15) is 5.25 Å². The minimum atomic E-state index is -4.46. The Morgan fingerprint density at radius 1 is 1.17 bits per heavy atom. The van der Waals surface area contributed by atoms with Crippen LogP contribution in [0.1, 0.15) is 17.5 Å². The lowest BCUT2D eigenvalue weighted by atomic mass is 10.1. The van der Waals surface area contributed by atoms with Crippen LogP contribution in [0.4, 0.5) is 18.9 Å². The van der Waals surface area contributed by atoms with E-state index in [0.717, 1.165) is 29.5 Å². The molecule has 0 saturated carbocycles. The topological polar surface area (TPSA) is 61.8 Å². The number of hydrogen-bond acceptors (Lipinski definition) is 4. The number of benzene rings is 2. The molecule has 1 atom stereocenters. The molecule has 0 aromatic heterocycles. The highest BCUT2D eigenvalue weighted by atomic mass is 32.2. The van der Waals surface area contributed by atoms with E-state index in [2.05, 4.69) is 10.3 Å². The minimum Gasteiger partial charge on any atom is -0.335 e. The molecule has 1 N–H and O–H groups in total. The Morgan fingerprint density at radius 3 is 2.57 bits per heavy atom. The predicted octanol–water partition coefficient (Wildman–Crippen LogP) is 4.21. The van der Waals surface area contributed by atoms with Gasteiger partial charge in [-0.1, -0.05) is 48.2 Å². The second kappa shape index (κ2) is 9.34. The first-order valence-electron chi connectivity index (χ1n) is 9.24. The number of halogens is 3. The van der Waals surface area contributed by atoms with Gasteiger partial charge in [0, 0.05) is 25.7 Å². The molecule has 0 radical (unpaired) electrons. The van der Waals surface area contributed by atoms with E-state index in [0.29, 0.717) is 13.0 Å². The van der Waals surface area contributed by atoms with Crippen molar-refractivity contribution in [2.24, 2.45) is 4.99 Å². The molecule has 1 aliphatic heterocycles. The van der Waals surface area contributed by atoms with Gasteiger partial charge in [0.15, 0.2) is 5.17 Å². The molecule has 2 aromatic rings. The van der Waals surface area contributed by atoms with Crippen molar-refractivity contribution >= 4 is 34.4 Å². The average molecular weight is 435 g/mol. The zero-order valence-corrected chi connectivity index (χ0v) is 17.0. The highest BCUT2D eigenvalue weighted by molar-refractivity contribution is 8.15. The van der Waals surface area contributed by atoms with Gasteiger partial charge in [0.2, 0.25) is 11.8 Å². The lowest BCUT2D eigenvalue weighted by Gasteiger charge is -2.16. The first-order valence-corrected chi connectivity index (χ1v) is 10.1. The number of carbonyl (C=O) groups excluding carboxylic acids is 2. The van der Waals surface area contributed by atoms with E-state index in [1.165, 1.54) is 24.1 Å². The van der Waals surface area contributed by atoms with Gasteiger partial charge in [-0.15, -0.1) is 0 Å². The van der Waals surface area contributed by atoms with Crippen LogP contribution in [-0.4, -0.2) is 40.7 Å². The average Bonchev–Trinajstić information content (AvgIpc) is 2.99. The van der Waals surface area contributed by atoms with Gasteiger partial charge in [-0.2, -0.15) is 13.2 Å². The normalized spacial score (nSPS) is 17.5. The SMILES string of the molecule is CN=C(Nc1cccc(C(F)(F)F)c1)S[C@@H]1CC(=O)N(CCc2ccccc2)C1=O. The van der Waals surface area contributed by atoms with E-state index >= 15 is 0 Å². The maximum absolute atomic E-state index is 12.9. The molecule has 30 heavy (non-hydrogen) atoms. The fourth-order valence-corrected chi connectivity index (χ4v) is 4.04. The summed E-state index contributed by atoms with van der Waals surface area (Å²) >= 11 is 1.04. The molecule has 0 unspecified atom stereocenters. The van der Waals surface area contributed by atoms with Crippen molar-refractivity contribution < 1.29 is 22.8 Å². The van der Waals surface area contributed by atoms with Gasteiger partial charge in [-0.25, -0.2) is 0 Å². The summed E-state index contributed by atoms with van der Waals surface area (Å²) in [5, 5.41) is 2.41. The zero-order chi connectivity index (χ0) is 21.7. The Morgan fingerprint density at radius 2 is 1.90 bits per heavy atom. The molecule has 1 saturated heterocycles. The predicted molar refractivity (Wildman–Crippen MR) is 111 cm³/mol. The molecule has 0 spiro atoms. The van der Waals surface area contributed by atoms with Crippen LogP contribution in [0, 0.1) is 0 Å². The van der Waals surface area contributed by atoms with E-state index in [9.17, 15) is 22.8 Å². The van der Waals surface area contributed by atoms with Crippen molar-refractivity contribution in [2.45, 2.75) is 24.3 Å². The second-order valence-electron chi connectivity index (χ2n) is 6.66. The van der Waals surface area contributed by atoms with Crippen LogP contribution in [0.25, 0.3) is 0 Å². The highest BCUT2D eigenvalue weighted by Crippen LogP contribution is 2.32. The van der Waals surface area contributed by atoms with Gasteiger partial charge in [-0.05, 0) is 30.2 Å². The Bertz CT molecular complexity index is 948. The maximum atomic E-state index is 12.9. The minimum absolute atomic E-state index is 0.0293. The third-order valence-electron chi connectivity index (χ3n) is 4.57. The first kappa shape index (κ1) is 21.9. The molecule has 2 amide bonds. The fraction of sp³-hybridized carbons (Fsp3) is 0.286. The summed E-state index contributed by atoms with van der Waals surface area (Å²) in [5.74, 6) is -0.573. The van der Waals surface area contributed by atoms with Crippen LogP contribution < -0.4 is 5.32 Å². The number of likely N-dealkylation sites (tertiary alicyclic amines) is 1. The molecule has 1 heterocycles. The first-order chi connectivity index (χ1) is 14.3. The Hall–Kier alpha value is -2.81. The van der Waals surface area contributed by atoms with Gasteiger partial charge in [0.25, 0.3) is 0 Å². The number of rotatable bonds is 5. The number of alkyl halides is 3. The van der Waals surface area contributed by atoms with E-state index < -0.39 is 17.0 Å². The van der Waals surface area contributed by atoms with Crippen molar-refractivity contribution in [3.05, 3.63) is 65.7 Å². The Balaban J connectivity index is 1.62. The standard InChI is InChI=1S/C21H20F3N3O2S/c1-25-20(26-16-9-5-8-15(12-16)21(22,23)24)30-17-13-18(28)27(19(17)29)11-10-14-6-3-2-4-7-14/h2-9,12,17H,10-11,13H2,1H3,(H,25,26)/t17-/m1/s1. The van der Waals surface area contributed by atoms with Crippen LogP contribution in [0.5, 0.6) is 0 Å². The number of amidine groups is 1. The number of carbonyl (C=O) groups is 2. The van der Waals surface area contributed by atoms with Crippen molar-refractivity contribution in [3.63, 3.8) is 0 Å². The Labute approximate surface area is 176 Å². The van der Waals surface area contributed by atoms with E-state index in [-0.39, 0.29) is 29.1 Å². The molecular formula is C21H20F3N3O2S. The molecule has 1 aliphatic rings. The monoisotopic (exact) mass is 435 g/mol. The summed E-state index contributed by atoms with van der Waals surface area (Å²) in [5.41, 5.74) is 0.444. The highest BCUT2D eigenvalue weighted by Gasteiger charge is 2.39. The van der Waals surface area contributed by atoms with Gasteiger partial charge < -0.3 is 5.32 Å². The molecular weight excluding hydrogens is 415 g/mol. The van der Waals surface area contributed by atoms with Gasteiger partial charge >= 0.3 is 6.18 Å². The third-order valence-corrected chi connectivity index (χ3v) is 5.73. The Kier molecular flexibility index (Phi) is 6.81. The molecule has 1 fully saturated rings. The van der Waals surface area contributed by atoms with E-state index in [4.69, 9.17) is 0 Å². The summed E-state index contributed by atoms with van der Waals surface area (Å²) in [4.78, 5) is 30.2.